The van der Waals surface area contributed by atoms with E-state index in [1.807, 2.05) is 38.1 Å². The summed E-state index contributed by atoms with van der Waals surface area (Å²) in [6.07, 6.45) is 0. The number of furan rings is 1. The zero-order valence-corrected chi connectivity index (χ0v) is 11.4. The van der Waals surface area contributed by atoms with Crippen LogP contribution in [0.3, 0.4) is 0 Å². The Kier molecular flexibility index (Phi) is 2.83. The number of aryl methyl sites for hydroxylation is 2. The second-order valence-electron chi connectivity index (χ2n) is 5.02. The Morgan fingerprint density at radius 3 is 2.65 bits per heavy atom. The van der Waals surface area contributed by atoms with Crippen LogP contribution in [0.4, 0.5) is 5.69 Å². The van der Waals surface area contributed by atoms with Crippen molar-refractivity contribution >= 4 is 22.4 Å². The molecule has 0 aliphatic heterocycles. The monoisotopic (exact) mass is 265 g/mol. The van der Waals surface area contributed by atoms with Crippen molar-refractivity contribution < 1.29 is 9.21 Å². The molecule has 0 unspecified atom stereocenters. The van der Waals surface area contributed by atoms with E-state index in [0.717, 1.165) is 22.1 Å². The molecule has 0 saturated heterocycles. The molecule has 0 aliphatic carbocycles. The van der Waals surface area contributed by atoms with Gasteiger partial charge in [0.25, 0.3) is 0 Å². The molecular formula is C17H15NO2. The average molecular weight is 265 g/mol. The largest absolute Gasteiger partial charge is 0.452 e. The number of hydrogen-bond donors (Lipinski definition) is 1. The summed E-state index contributed by atoms with van der Waals surface area (Å²) in [5.41, 5.74) is 9.61. The van der Waals surface area contributed by atoms with Crippen molar-refractivity contribution in [1.82, 2.24) is 0 Å². The molecular weight excluding hydrogens is 250 g/mol. The molecule has 1 heterocycles. The SMILES string of the molecule is Cc1ccc(N)c(C(=O)c2cc3cccc(C)c3o2)c1. The van der Waals surface area contributed by atoms with Crippen molar-refractivity contribution in [3.8, 4) is 0 Å². The van der Waals surface area contributed by atoms with Crippen LogP contribution in [-0.2, 0) is 0 Å². The van der Waals surface area contributed by atoms with Gasteiger partial charge in [0, 0.05) is 16.6 Å². The van der Waals surface area contributed by atoms with Crippen LogP contribution >= 0.6 is 0 Å². The fourth-order valence-electron chi connectivity index (χ4n) is 2.32. The van der Waals surface area contributed by atoms with E-state index in [-0.39, 0.29) is 5.78 Å². The van der Waals surface area contributed by atoms with E-state index in [2.05, 4.69) is 0 Å². The quantitative estimate of drug-likeness (QED) is 0.565. The van der Waals surface area contributed by atoms with E-state index < -0.39 is 0 Å². The third kappa shape index (κ3) is 1.97. The second-order valence-corrected chi connectivity index (χ2v) is 5.02. The number of nitrogens with two attached hydrogens (primary N) is 1. The number of hydrogen-bond acceptors (Lipinski definition) is 3. The fraction of sp³-hybridized carbons (Fsp3) is 0.118. The Bertz CT molecular complexity index is 815. The highest BCUT2D eigenvalue weighted by Crippen LogP contribution is 2.26. The highest BCUT2D eigenvalue weighted by Gasteiger charge is 2.17. The number of para-hydroxylation sites is 1. The molecule has 0 radical (unpaired) electrons. The average Bonchev–Trinajstić information content (AvgIpc) is 2.86. The van der Waals surface area contributed by atoms with E-state index in [1.165, 1.54) is 0 Å². The number of ketones is 1. The molecule has 0 bridgehead atoms. The summed E-state index contributed by atoms with van der Waals surface area (Å²) in [6.45, 7) is 3.89. The number of nitrogen functional groups attached to an aromatic ring is 1. The molecule has 0 saturated carbocycles. The van der Waals surface area contributed by atoms with E-state index in [4.69, 9.17) is 10.2 Å². The van der Waals surface area contributed by atoms with Gasteiger partial charge in [-0.05, 0) is 37.6 Å². The first-order chi connectivity index (χ1) is 9.56. The normalized spacial score (nSPS) is 10.9. The molecule has 0 amide bonds. The molecule has 3 rings (SSSR count). The Balaban J connectivity index is 2.13. The van der Waals surface area contributed by atoms with E-state index in [9.17, 15) is 4.79 Å². The summed E-state index contributed by atoms with van der Waals surface area (Å²) in [5.74, 6) is 0.147. The van der Waals surface area contributed by atoms with Gasteiger partial charge < -0.3 is 10.2 Å². The number of fused-ring (bicyclic) bond motifs is 1. The Hall–Kier alpha value is -2.55. The van der Waals surface area contributed by atoms with Crippen molar-refractivity contribution in [1.29, 1.82) is 0 Å². The lowest BCUT2D eigenvalue weighted by atomic mass is 10.0. The van der Waals surface area contributed by atoms with Crippen LogP contribution in [0.2, 0.25) is 0 Å². The summed E-state index contributed by atoms with van der Waals surface area (Å²) in [5, 5.41) is 0.930. The number of carbonyl (C=O) groups is 1. The van der Waals surface area contributed by atoms with E-state index in [1.54, 1.807) is 18.2 Å². The van der Waals surface area contributed by atoms with Crippen molar-refractivity contribution in [2.24, 2.45) is 0 Å². The molecule has 0 fully saturated rings. The Morgan fingerprint density at radius 2 is 1.90 bits per heavy atom. The van der Waals surface area contributed by atoms with Crippen molar-refractivity contribution in [3.63, 3.8) is 0 Å². The number of carbonyl (C=O) groups excluding carboxylic acids is 1. The van der Waals surface area contributed by atoms with Gasteiger partial charge in [0.05, 0.1) is 0 Å². The molecule has 2 aromatic carbocycles. The van der Waals surface area contributed by atoms with Gasteiger partial charge in [-0.1, -0.05) is 29.8 Å². The minimum absolute atomic E-state index is 0.179. The molecule has 0 aliphatic rings. The minimum atomic E-state index is -0.179. The third-order valence-electron chi connectivity index (χ3n) is 3.42. The zero-order valence-electron chi connectivity index (χ0n) is 11.4. The van der Waals surface area contributed by atoms with Crippen LogP contribution in [0.25, 0.3) is 11.0 Å². The molecule has 3 aromatic rings. The molecule has 0 spiro atoms. The fourth-order valence-corrected chi connectivity index (χ4v) is 2.32. The molecule has 2 N–H and O–H groups in total. The van der Waals surface area contributed by atoms with Crippen LogP contribution in [0.1, 0.15) is 27.2 Å². The highest BCUT2D eigenvalue weighted by atomic mass is 16.3. The first-order valence-electron chi connectivity index (χ1n) is 6.46. The second kappa shape index (κ2) is 4.53. The summed E-state index contributed by atoms with van der Waals surface area (Å²) >= 11 is 0. The van der Waals surface area contributed by atoms with Gasteiger partial charge in [0.2, 0.25) is 5.78 Å². The smallest absolute Gasteiger partial charge is 0.230 e. The van der Waals surface area contributed by atoms with Crippen LogP contribution in [0, 0.1) is 13.8 Å². The Morgan fingerprint density at radius 1 is 1.10 bits per heavy atom. The van der Waals surface area contributed by atoms with Crippen LogP contribution in [0.15, 0.2) is 46.9 Å². The summed E-state index contributed by atoms with van der Waals surface area (Å²) in [4.78, 5) is 12.5. The van der Waals surface area contributed by atoms with Gasteiger partial charge in [-0.3, -0.25) is 4.79 Å². The predicted octanol–water partition coefficient (Wildman–Crippen LogP) is 3.86. The van der Waals surface area contributed by atoms with Crippen LogP contribution in [0.5, 0.6) is 0 Å². The Labute approximate surface area is 117 Å². The molecule has 0 atom stereocenters. The first kappa shape index (κ1) is 12.5. The highest BCUT2D eigenvalue weighted by molar-refractivity contribution is 6.12. The van der Waals surface area contributed by atoms with Crippen molar-refractivity contribution in [3.05, 3.63) is 64.9 Å². The maximum Gasteiger partial charge on any atom is 0.230 e. The van der Waals surface area contributed by atoms with Crippen molar-refractivity contribution in [2.45, 2.75) is 13.8 Å². The van der Waals surface area contributed by atoms with Gasteiger partial charge in [-0.2, -0.15) is 0 Å². The number of benzene rings is 2. The topological polar surface area (TPSA) is 56.2 Å². The van der Waals surface area contributed by atoms with Crippen LogP contribution < -0.4 is 5.73 Å². The van der Waals surface area contributed by atoms with Gasteiger partial charge in [-0.25, -0.2) is 0 Å². The first-order valence-corrected chi connectivity index (χ1v) is 6.46. The van der Waals surface area contributed by atoms with Gasteiger partial charge in [-0.15, -0.1) is 0 Å². The van der Waals surface area contributed by atoms with Crippen LogP contribution in [-0.4, -0.2) is 5.78 Å². The van der Waals surface area contributed by atoms with Gasteiger partial charge in [0.15, 0.2) is 5.76 Å². The lowest BCUT2D eigenvalue weighted by Crippen LogP contribution is -2.04. The van der Waals surface area contributed by atoms with E-state index >= 15 is 0 Å². The zero-order chi connectivity index (χ0) is 14.3. The number of anilines is 1. The summed E-state index contributed by atoms with van der Waals surface area (Å²) < 4.78 is 5.70. The summed E-state index contributed by atoms with van der Waals surface area (Å²) in [7, 11) is 0. The van der Waals surface area contributed by atoms with Gasteiger partial charge >= 0.3 is 0 Å². The number of rotatable bonds is 2. The lowest BCUT2D eigenvalue weighted by molar-refractivity contribution is 0.101. The van der Waals surface area contributed by atoms with Crippen molar-refractivity contribution in [2.75, 3.05) is 5.73 Å². The van der Waals surface area contributed by atoms with Gasteiger partial charge in [0.1, 0.15) is 5.58 Å². The molecule has 100 valence electrons. The minimum Gasteiger partial charge on any atom is -0.452 e. The maximum absolute atomic E-state index is 12.5. The summed E-state index contributed by atoms with van der Waals surface area (Å²) in [6, 6.07) is 13.0. The lowest BCUT2D eigenvalue weighted by Gasteiger charge is -2.03. The molecule has 1 aromatic heterocycles. The third-order valence-corrected chi connectivity index (χ3v) is 3.42. The molecule has 20 heavy (non-hydrogen) atoms. The standard InChI is InChI=1S/C17H15NO2/c1-10-6-7-14(18)13(8-10)16(19)15-9-12-5-3-4-11(2)17(12)20-15/h3-9H,18H2,1-2H3. The molecule has 3 heteroatoms. The van der Waals surface area contributed by atoms with E-state index in [0.29, 0.717) is 17.0 Å². The molecule has 3 nitrogen and oxygen atoms in total. The predicted molar refractivity (Wildman–Crippen MR) is 80.0 cm³/mol. The maximum atomic E-state index is 12.5.